The Bertz CT molecular complexity index is 1290. The van der Waals surface area contributed by atoms with Crippen LogP contribution in [0.2, 0.25) is 0 Å². The number of ether oxygens (including phenoxy) is 2. The normalized spacial score (nSPS) is 15.7. The van der Waals surface area contributed by atoms with Gasteiger partial charge in [0.25, 0.3) is 0 Å². The number of nitrogens with zero attached hydrogens (tertiary/aromatic N) is 7. The lowest BCUT2D eigenvalue weighted by Gasteiger charge is -2.34. The van der Waals surface area contributed by atoms with Crippen LogP contribution in [-0.2, 0) is 23.6 Å². The highest BCUT2D eigenvalue weighted by Crippen LogP contribution is 2.59. The lowest BCUT2D eigenvalue weighted by atomic mass is 10.2. The second kappa shape index (κ2) is 14.7. The van der Waals surface area contributed by atoms with Crippen molar-refractivity contribution >= 4 is 70.3 Å². The van der Waals surface area contributed by atoms with Crippen molar-refractivity contribution in [3.8, 4) is 11.5 Å². The number of halogens is 2. The zero-order chi connectivity index (χ0) is 29.3. The van der Waals surface area contributed by atoms with Crippen molar-refractivity contribution in [2.45, 2.75) is 51.6 Å². The molecule has 9 nitrogen and oxygen atoms in total. The van der Waals surface area contributed by atoms with E-state index >= 15 is 0 Å². The number of benzene rings is 2. The summed E-state index contributed by atoms with van der Waals surface area (Å²) in [5.74, 6) is 1.30. The molecule has 0 aromatic heterocycles. The molecule has 0 heterocycles. The third-order valence-electron chi connectivity index (χ3n) is 5.87. The zero-order valence-electron chi connectivity index (χ0n) is 22.7. The minimum absolute atomic E-state index is 0.545. The van der Waals surface area contributed by atoms with Gasteiger partial charge in [0.15, 0.2) is 5.72 Å². The molecule has 3 unspecified atom stereocenters. The van der Waals surface area contributed by atoms with Crippen LogP contribution in [0.25, 0.3) is 10.4 Å². The Kier molecular flexibility index (Phi) is 12.6. The van der Waals surface area contributed by atoms with Gasteiger partial charge in [-0.05, 0) is 131 Å². The van der Waals surface area contributed by atoms with Crippen molar-refractivity contribution in [2.24, 2.45) is 15.3 Å². The molecule has 3 atom stereocenters. The van der Waals surface area contributed by atoms with Gasteiger partial charge in [0.2, 0.25) is 4.89 Å². The Morgan fingerprint density at radius 2 is 1.44 bits per heavy atom. The third kappa shape index (κ3) is 10.3. The van der Waals surface area contributed by atoms with Gasteiger partial charge in [0.1, 0.15) is 16.8 Å². The molecule has 0 aliphatic heterocycles. The summed E-state index contributed by atoms with van der Waals surface area (Å²) in [6.45, 7) is 6.05. The summed E-state index contributed by atoms with van der Waals surface area (Å²) in [6, 6.07) is 14.9. The van der Waals surface area contributed by atoms with Crippen molar-refractivity contribution in [2.75, 3.05) is 14.1 Å². The summed E-state index contributed by atoms with van der Waals surface area (Å²) in [7, 11) is 3.51. The van der Waals surface area contributed by atoms with Gasteiger partial charge in [-0.15, -0.1) is 0 Å². The van der Waals surface area contributed by atoms with E-state index in [-0.39, 0.29) is 0 Å². The average molecular weight is 649 g/mol. The van der Waals surface area contributed by atoms with Crippen molar-refractivity contribution in [3.63, 3.8) is 0 Å². The van der Waals surface area contributed by atoms with Gasteiger partial charge in [-0.1, -0.05) is 25.7 Å². The van der Waals surface area contributed by atoms with E-state index in [1.807, 2.05) is 81.1 Å². The predicted molar refractivity (Wildman–Crippen MR) is 173 cm³/mol. The molecule has 39 heavy (non-hydrogen) atoms. The molecule has 0 aliphatic rings. The Balaban J connectivity index is 2.06. The van der Waals surface area contributed by atoms with Crippen LogP contribution in [0.1, 0.15) is 51.7 Å². The first-order valence-electron chi connectivity index (χ1n) is 12.0. The number of hydrogen-bond acceptors (Lipinski definition) is 7. The molecule has 2 aromatic rings. The minimum Gasteiger partial charge on any atom is -0.481 e. The van der Waals surface area contributed by atoms with Crippen LogP contribution in [0.3, 0.4) is 0 Å². The van der Waals surface area contributed by atoms with Crippen molar-refractivity contribution < 1.29 is 9.47 Å². The molecule has 2 rings (SSSR count). The molecule has 2 aromatic carbocycles. The monoisotopic (exact) mass is 647 g/mol. The van der Waals surface area contributed by atoms with Crippen LogP contribution in [0.4, 0.5) is 0 Å². The molecule has 0 spiro atoms. The van der Waals surface area contributed by atoms with E-state index in [1.54, 1.807) is 26.4 Å². The molecular weight excluding hydrogens is 615 g/mol. The van der Waals surface area contributed by atoms with Crippen LogP contribution in [0.15, 0.2) is 63.8 Å². The standard InChI is InChI=1S/C24H33Cl2N7O2P2S2/c1-7-23(3,30-31-27)34-21-13-9-19(10-14-21)17-28-32(5)36(38)24(4,8-2)35-22-15-11-20(12-16-22)18-29-33(6)37(25,26)39/h9-18,36H,7-8H2,1-6H3/b28-17+,29-18+. The van der Waals surface area contributed by atoms with Gasteiger partial charge in [0.05, 0.1) is 19.3 Å². The molecule has 212 valence electrons. The smallest absolute Gasteiger partial charge is 0.222 e. The summed E-state index contributed by atoms with van der Waals surface area (Å²) in [6.07, 6.45) is 4.64. The fourth-order valence-corrected chi connectivity index (χ4v) is 5.63. The lowest BCUT2D eigenvalue weighted by molar-refractivity contribution is 0.0921. The zero-order valence-corrected chi connectivity index (χ0v) is 27.7. The molecule has 0 saturated heterocycles. The fourth-order valence-electron chi connectivity index (χ4n) is 3.04. The average Bonchev–Trinajstić information content (AvgIpc) is 2.91. The molecular formula is C24H33Cl2N7O2P2S2. The SMILES string of the molecule is CCC(C)(N=[N+]=[N-])Oc1ccc(/C=N/N(C)[PH](=S)C(C)(CC)Oc2ccc(/C=N/N(C)P(=S)(Cl)Cl)cc2)cc1. The topological polar surface area (TPSA) is 98.4 Å². The maximum Gasteiger partial charge on any atom is 0.222 e. The van der Waals surface area contributed by atoms with E-state index in [4.69, 9.17) is 61.1 Å². The quantitative estimate of drug-likeness (QED) is 0.0509. The van der Waals surface area contributed by atoms with E-state index in [1.165, 1.54) is 4.78 Å². The summed E-state index contributed by atoms with van der Waals surface area (Å²) < 4.78 is 15.4. The Labute approximate surface area is 250 Å². The van der Waals surface area contributed by atoms with E-state index in [0.29, 0.717) is 24.3 Å². The molecule has 0 N–H and O–H groups in total. The van der Waals surface area contributed by atoms with E-state index in [0.717, 1.165) is 11.1 Å². The fraction of sp³-hybridized carbons (Fsp3) is 0.417. The molecule has 0 aliphatic carbocycles. The molecule has 0 radical (unpaired) electrons. The van der Waals surface area contributed by atoms with Crippen LogP contribution >= 0.6 is 34.2 Å². The van der Waals surface area contributed by atoms with Crippen molar-refractivity contribution in [1.82, 2.24) is 9.56 Å². The summed E-state index contributed by atoms with van der Waals surface area (Å²) in [5, 5.41) is 11.9. The highest BCUT2D eigenvalue weighted by molar-refractivity contribution is 8.37. The largest absolute Gasteiger partial charge is 0.481 e. The highest BCUT2D eigenvalue weighted by Gasteiger charge is 2.31. The maximum absolute atomic E-state index is 8.77. The first-order chi connectivity index (χ1) is 18.2. The lowest BCUT2D eigenvalue weighted by Crippen LogP contribution is -2.30. The molecule has 0 bridgehead atoms. The van der Waals surface area contributed by atoms with Crippen molar-refractivity contribution in [1.29, 1.82) is 0 Å². The summed E-state index contributed by atoms with van der Waals surface area (Å²) in [5.41, 5.74) is 9.56. The number of hydrogen-bond donors (Lipinski definition) is 0. The van der Waals surface area contributed by atoms with Crippen LogP contribution in [0.5, 0.6) is 11.5 Å². The Morgan fingerprint density at radius 3 is 1.87 bits per heavy atom. The second-order valence-corrected chi connectivity index (χ2v) is 20.1. The van der Waals surface area contributed by atoms with Gasteiger partial charge >= 0.3 is 0 Å². The Morgan fingerprint density at radius 1 is 0.949 bits per heavy atom. The number of rotatable bonds is 14. The number of azide groups is 1. The summed E-state index contributed by atoms with van der Waals surface area (Å²) >= 11 is 22.9. The van der Waals surface area contributed by atoms with Gasteiger partial charge in [0, 0.05) is 19.0 Å². The molecule has 0 amide bonds. The van der Waals surface area contributed by atoms with Crippen LogP contribution in [0, 0.1) is 0 Å². The highest BCUT2D eigenvalue weighted by atomic mass is 35.9. The molecule has 15 heteroatoms. The third-order valence-corrected chi connectivity index (χ3v) is 12.8. The van der Waals surface area contributed by atoms with Gasteiger partial charge in [-0.2, -0.15) is 10.2 Å². The van der Waals surface area contributed by atoms with E-state index in [2.05, 4.69) is 20.2 Å². The van der Waals surface area contributed by atoms with Crippen LogP contribution in [-0.4, -0.2) is 47.2 Å². The summed E-state index contributed by atoms with van der Waals surface area (Å²) in [4.78, 5) is 0.223. The molecule has 0 fully saturated rings. The second-order valence-electron chi connectivity index (χ2n) is 8.89. The molecule has 0 saturated carbocycles. The van der Waals surface area contributed by atoms with Gasteiger partial charge < -0.3 is 9.47 Å². The minimum atomic E-state index is -2.65. The van der Waals surface area contributed by atoms with E-state index < -0.39 is 22.8 Å². The maximum atomic E-state index is 8.77. The van der Waals surface area contributed by atoms with Gasteiger partial charge in [-0.25, -0.2) is 4.78 Å². The predicted octanol–water partition coefficient (Wildman–Crippen LogP) is 8.53. The van der Waals surface area contributed by atoms with Crippen molar-refractivity contribution in [3.05, 3.63) is 70.1 Å². The Hall–Kier alpha value is -1.83. The van der Waals surface area contributed by atoms with Crippen LogP contribution < -0.4 is 9.47 Å². The first kappa shape index (κ1) is 33.4. The van der Waals surface area contributed by atoms with Gasteiger partial charge in [-0.3, -0.25) is 4.78 Å². The van der Waals surface area contributed by atoms with E-state index in [9.17, 15) is 0 Å². The number of hydrazone groups is 2. The first-order valence-corrected chi connectivity index (χ1v) is 19.1.